The van der Waals surface area contributed by atoms with Crippen LogP contribution in [-0.2, 0) is 4.74 Å². The molecule has 80 valence electrons. The van der Waals surface area contributed by atoms with Crippen LogP contribution in [0.15, 0.2) is 36.9 Å². The van der Waals surface area contributed by atoms with Crippen molar-refractivity contribution in [3.63, 3.8) is 0 Å². The van der Waals surface area contributed by atoms with Crippen molar-refractivity contribution in [1.82, 2.24) is 0 Å². The van der Waals surface area contributed by atoms with Crippen LogP contribution >= 0.6 is 0 Å². The quantitative estimate of drug-likeness (QED) is 0.673. The van der Waals surface area contributed by atoms with Gasteiger partial charge < -0.3 is 4.74 Å². The number of benzene rings is 1. The number of rotatable bonds is 3. The highest BCUT2D eigenvalue weighted by Crippen LogP contribution is 2.25. The maximum atomic E-state index is 5.88. The summed E-state index contributed by atoms with van der Waals surface area (Å²) in [6, 6.07) is 10.1. The molecule has 1 aromatic carbocycles. The Bertz CT molecular complexity index is 309. The van der Waals surface area contributed by atoms with Crippen LogP contribution in [0.3, 0.4) is 0 Å². The fraction of sp³-hybridized carbons (Fsp3) is 0.429. The second kappa shape index (κ2) is 5.01. The molecule has 1 nitrogen and oxygen atoms in total. The molecule has 0 aliphatic heterocycles. The van der Waals surface area contributed by atoms with Crippen molar-refractivity contribution in [2.75, 3.05) is 0 Å². The van der Waals surface area contributed by atoms with Crippen LogP contribution in [0.2, 0.25) is 0 Å². The lowest BCUT2D eigenvalue weighted by Crippen LogP contribution is -2.15. The molecule has 0 radical (unpaired) electrons. The molecule has 0 heterocycles. The van der Waals surface area contributed by atoms with Gasteiger partial charge in [-0.2, -0.15) is 0 Å². The molecule has 0 atom stereocenters. The molecule has 1 saturated carbocycles. The van der Waals surface area contributed by atoms with E-state index >= 15 is 0 Å². The summed E-state index contributed by atoms with van der Waals surface area (Å²) < 4.78 is 5.88. The van der Waals surface area contributed by atoms with Gasteiger partial charge in [-0.05, 0) is 25.7 Å². The Morgan fingerprint density at radius 2 is 1.73 bits per heavy atom. The standard InChI is InChI=1S/C14H18O/c1-12(13-8-4-2-5-9-13)15-14-10-6-3-7-11-14/h2,4-5,8-9,14H,1,3,6-7,10-11H2. The van der Waals surface area contributed by atoms with Crippen LogP contribution in [0.1, 0.15) is 37.7 Å². The Hall–Kier alpha value is -1.24. The predicted octanol–water partition coefficient (Wildman–Crippen LogP) is 4.01. The molecule has 0 bridgehead atoms. The molecule has 0 aromatic heterocycles. The summed E-state index contributed by atoms with van der Waals surface area (Å²) in [5, 5.41) is 0. The minimum atomic E-state index is 0.395. The van der Waals surface area contributed by atoms with Crippen molar-refractivity contribution in [1.29, 1.82) is 0 Å². The third-order valence-corrected chi connectivity index (χ3v) is 2.96. The molecule has 0 unspecified atom stereocenters. The minimum Gasteiger partial charge on any atom is -0.490 e. The normalized spacial score (nSPS) is 17.3. The topological polar surface area (TPSA) is 9.23 Å². The largest absolute Gasteiger partial charge is 0.490 e. The van der Waals surface area contributed by atoms with Crippen molar-refractivity contribution in [3.05, 3.63) is 42.5 Å². The zero-order valence-corrected chi connectivity index (χ0v) is 9.11. The Balaban J connectivity index is 1.91. The van der Waals surface area contributed by atoms with E-state index in [1.165, 1.54) is 32.1 Å². The third kappa shape index (κ3) is 2.85. The monoisotopic (exact) mass is 202 g/mol. The van der Waals surface area contributed by atoms with Gasteiger partial charge >= 0.3 is 0 Å². The van der Waals surface area contributed by atoms with Crippen LogP contribution in [0, 0.1) is 0 Å². The molecule has 1 heteroatoms. The molecular formula is C14H18O. The lowest BCUT2D eigenvalue weighted by molar-refractivity contribution is 0.125. The first-order chi connectivity index (χ1) is 7.36. The van der Waals surface area contributed by atoms with Gasteiger partial charge in [0.2, 0.25) is 0 Å². The fourth-order valence-electron chi connectivity index (χ4n) is 2.08. The van der Waals surface area contributed by atoms with E-state index in [4.69, 9.17) is 4.74 Å². The lowest BCUT2D eigenvalue weighted by atomic mass is 9.97. The van der Waals surface area contributed by atoms with Crippen molar-refractivity contribution >= 4 is 5.76 Å². The van der Waals surface area contributed by atoms with Gasteiger partial charge in [0.25, 0.3) is 0 Å². The maximum Gasteiger partial charge on any atom is 0.119 e. The Morgan fingerprint density at radius 1 is 1.07 bits per heavy atom. The van der Waals surface area contributed by atoms with Crippen LogP contribution in [0.5, 0.6) is 0 Å². The molecule has 0 spiro atoms. The summed E-state index contributed by atoms with van der Waals surface area (Å²) in [5.74, 6) is 0.822. The molecule has 0 saturated heterocycles. The van der Waals surface area contributed by atoms with Crippen LogP contribution in [-0.4, -0.2) is 6.10 Å². The van der Waals surface area contributed by atoms with Crippen molar-refractivity contribution in [3.8, 4) is 0 Å². The van der Waals surface area contributed by atoms with E-state index in [2.05, 4.69) is 6.58 Å². The Kier molecular flexibility index (Phi) is 3.44. The summed E-state index contributed by atoms with van der Waals surface area (Å²) in [4.78, 5) is 0. The molecule has 0 amide bonds. The average molecular weight is 202 g/mol. The molecule has 1 aliphatic rings. The Labute approximate surface area is 91.8 Å². The summed E-state index contributed by atoms with van der Waals surface area (Å²) >= 11 is 0. The second-order valence-corrected chi connectivity index (χ2v) is 4.17. The van der Waals surface area contributed by atoms with E-state index in [1.54, 1.807) is 0 Å². The maximum absolute atomic E-state index is 5.88. The minimum absolute atomic E-state index is 0.395. The highest BCUT2D eigenvalue weighted by Gasteiger charge is 2.15. The van der Waals surface area contributed by atoms with E-state index in [0.717, 1.165) is 11.3 Å². The molecular weight excluding hydrogens is 184 g/mol. The third-order valence-electron chi connectivity index (χ3n) is 2.96. The number of hydrogen-bond acceptors (Lipinski definition) is 1. The van der Waals surface area contributed by atoms with Crippen molar-refractivity contribution in [2.24, 2.45) is 0 Å². The summed E-state index contributed by atoms with van der Waals surface area (Å²) in [5.41, 5.74) is 1.10. The molecule has 0 N–H and O–H groups in total. The van der Waals surface area contributed by atoms with Gasteiger partial charge in [0.15, 0.2) is 0 Å². The van der Waals surface area contributed by atoms with E-state index in [-0.39, 0.29) is 0 Å². The fourth-order valence-corrected chi connectivity index (χ4v) is 2.08. The predicted molar refractivity (Wildman–Crippen MR) is 63.4 cm³/mol. The van der Waals surface area contributed by atoms with Gasteiger partial charge in [-0.15, -0.1) is 0 Å². The first-order valence-electron chi connectivity index (χ1n) is 5.77. The number of ether oxygens (including phenoxy) is 1. The molecule has 1 aromatic rings. The van der Waals surface area contributed by atoms with Crippen LogP contribution in [0.25, 0.3) is 5.76 Å². The van der Waals surface area contributed by atoms with Gasteiger partial charge in [0.1, 0.15) is 5.76 Å². The number of hydrogen-bond donors (Lipinski definition) is 0. The summed E-state index contributed by atoms with van der Waals surface area (Å²) in [7, 11) is 0. The van der Waals surface area contributed by atoms with E-state index in [9.17, 15) is 0 Å². The highest BCUT2D eigenvalue weighted by molar-refractivity contribution is 5.57. The van der Waals surface area contributed by atoms with E-state index in [1.807, 2.05) is 30.3 Å². The van der Waals surface area contributed by atoms with Gasteiger partial charge in [0, 0.05) is 5.56 Å². The molecule has 2 rings (SSSR count). The molecule has 15 heavy (non-hydrogen) atoms. The highest BCUT2D eigenvalue weighted by atomic mass is 16.5. The first kappa shape index (κ1) is 10.3. The summed E-state index contributed by atoms with van der Waals surface area (Å²) in [6.07, 6.45) is 6.72. The second-order valence-electron chi connectivity index (χ2n) is 4.17. The van der Waals surface area contributed by atoms with Crippen molar-refractivity contribution < 1.29 is 4.74 Å². The van der Waals surface area contributed by atoms with Gasteiger partial charge in [-0.25, -0.2) is 0 Å². The van der Waals surface area contributed by atoms with E-state index < -0.39 is 0 Å². The van der Waals surface area contributed by atoms with E-state index in [0.29, 0.717) is 6.10 Å². The summed E-state index contributed by atoms with van der Waals surface area (Å²) in [6.45, 7) is 4.00. The van der Waals surface area contributed by atoms with Gasteiger partial charge in [0.05, 0.1) is 6.10 Å². The Morgan fingerprint density at radius 3 is 2.40 bits per heavy atom. The molecule has 1 aliphatic carbocycles. The van der Waals surface area contributed by atoms with Gasteiger partial charge in [-0.1, -0.05) is 43.3 Å². The SMILES string of the molecule is C=C(OC1CCCCC1)c1ccccc1. The van der Waals surface area contributed by atoms with Crippen LogP contribution in [0.4, 0.5) is 0 Å². The smallest absolute Gasteiger partial charge is 0.119 e. The lowest BCUT2D eigenvalue weighted by Gasteiger charge is -2.24. The zero-order valence-electron chi connectivity index (χ0n) is 9.11. The average Bonchev–Trinajstić information content (AvgIpc) is 2.31. The first-order valence-corrected chi connectivity index (χ1v) is 5.77. The van der Waals surface area contributed by atoms with Crippen molar-refractivity contribution in [2.45, 2.75) is 38.2 Å². The molecule has 1 fully saturated rings. The zero-order chi connectivity index (χ0) is 10.5. The van der Waals surface area contributed by atoms with Crippen LogP contribution < -0.4 is 0 Å². The van der Waals surface area contributed by atoms with Gasteiger partial charge in [-0.3, -0.25) is 0 Å².